The van der Waals surface area contributed by atoms with Gasteiger partial charge in [0.1, 0.15) is 5.69 Å². The number of benzene rings is 1. The summed E-state index contributed by atoms with van der Waals surface area (Å²) < 4.78 is 4.75. The second-order valence-electron chi connectivity index (χ2n) is 5.12. The number of carbonyl (C=O) groups is 2. The minimum atomic E-state index is -0.446. The summed E-state index contributed by atoms with van der Waals surface area (Å²) in [4.78, 5) is 27.1. The van der Waals surface area contributed by atoms with Crippen LogP contribution in [0.4, 0.5) is 5.69 Å². The zero-order chi connectivity index (χ0) is 16.3. The molecule has 0 saturated carbocycles. The molecule has 22 heavy (non-hydrogen) atoms. The van der Waals surface area contributed by atoms with Gasteiger partial charge >= 0.3 is 5.97 Å². The summed E-state index contributed by atoms with van der Waals surface area (Å²) in [6, 6.07) is 7.68. The van der Waals surface area contributed by atoms with Crippen LogP contribution in [0.5, 0.6) is 0 Å². The Kier molecular flexibility index (Phi) is 4.65. The van der Waals surface area contributed by atoms with Gasteiger partial charge < -0.3 is 15.0 Å². The quantitative estimate of drug-likeness (QED) is 0.852. The van der Waals surface area contributed by atoms with Gasteiger partial charge in [-0.25, -0.2) is 4.79 Å². The number of hydrogen-bond donors (Lipinski definition) is 2. The van der Waals surface area contributed by atoms with Crippen LogP contribution in [0.2, 0.25) is 0 Å². The maximum absolute atomic E-state index is 12.4. The highest BCUT2D eigenvalue weighted by molar-refractivity contribution is 6.06. The fourth-order valence-electron chi connectivity index (χ4n) is 2.45. The molecule has 0 aliphatic carbocycles. The Bertz CT molecular complexity index is 717. The minimum Gasteiger partial charge on any atom is -0.465 e. The smallest absolute Gasteiger partial charge is 0.339 e. The number of carbonyl (C=O) groups excluding carboxylic acids is 2. The van der Waals surface area contributed by atoms with E-state index < -0.39 is 5.97 Å². The molecule has 2 rings (SSSR count). The summed E-state index contributed by atoms with van der Waals surface area (Å²) in [6.07, 6.45) is 0.900. The number of hydrogen-bond acceptors (Lipinski definition) is 3. The van der Waals surface area contributed by atoms with Crippen LogP contribution in [0.3, 0.4) is 0 Å². The van der Waals surface area contributed by atoms with E-state index in [2.05, 4.69) is 17.2 Å². The monoisotopic (exact) mass is 300 g/mol. The van der Waals surface area contributed by atoms with Gasteiger partial charge in [-0.15, -0.1) is 0 Å². The van der Waals surface area contributed by atoms with Crippen molar-refractivity contribution in [2.75, 3.05) is 12.4 Å². The Labute approximate surface area is 129 Å². The van der Waals surface area contributed by atoms with E-state index in [1.165, 1.54) is 7.11 Å². The fourth-order valence-corrected chi connectivity index (χ4v) is 2.45. The standard InChI is InChI=1S/C17H20N2O3/c1-5-12-7-6-8-13(9-12)19-16(20)15-10(2)14(11(3)18-15)17(21)22-4/h6-9,18H,5H2,1-4H3,(H,19,20). The maximum Gasteiger partial charge on any atom is 0.339 e. The van der Waals surface area contributed by atoms with Crippen LogP contribution < -0.4 is 5.32 Å². The second kappa shape index (κ2) is 6.47. The lowest BCUT2D eigenvalue weighted by atomic mass is 10.1. The predicted molar refractivity (Wildman–Crippen MR) is 85.4 cm³/mol. The van der Waals surface area contributed by atoms with Crippen molar-refractivity contribution in [2.24, 2.45) is 0 Å². The number of anilines is 1. The summed E-state index contributed by atoms with van der Waals surface area (Å²) in [5, 5.41) is 2.85. The molecular weight excluding hydrogens is 280 g/mol. The normalized spacial score (nSPS) is 10.4. The lowest BCUT2D eigenvalue weighted by Crippen LogP contribution is -2.14. The minimum absolute atomic E-state index is 0.274. The molecule has 1 heterocycles. The third-order valence-electron chi connectivity index (χ3n) is 3.65. The van der Waals surface area contributed by atoms with Gasteiger partial charge in [0.25, 0.3) is 5.91 Å². The van der Waals surface area contributed by atoms with E-state index in [4.69, 9.17) is 4.74 Å². The average molecular weight is 300 g/mol. The Morgan fingerprint density at radius 3 is 2.64 bits per heavy atom. The lowest BCUT2D eigenvalue weighted by Gasteiger charge is -2.06. The first-order valence-corrected chi connectivity index (χ1v) is 7.15. The number of aromatic amines is 1. The molecule has 0 fully saturated rings. The molecule has 2 aromatic rings. The molecule has 116 valence electrons. The van der Waals surface area contributed by atoms with Crippen LogP contribution in [0.1, 0.15) is 44.6 Å². The first-order valence-electron chi connectivity index (χ1n) is 7.15. The van der Waals surface area contributed by atoms with Crippen molar-refractivity contribution in [3.8, 4) is 0 Å². The van der Waals surface area contributed by atoms with Gasteiger partial charge in [-0.1, -0.05) is 19.1 Å². The van der Waals surface area contributed by atoms with Gasteiger partial charge in [0.2, 0.25) is 0 Å². The number of amides is 1. The molecule has 0 aliphatic rings. The molecule has 0 spiro atoms. The van der Waals surface area contributed by atoms with Crippen molar-refractivity contribution in [1.29, 1.82) is 0 Å². The summed E-state index contributed by atoms with van der Waals surface area (Å²) in [5.41, 5.74) is 3.88. The van der Waals surface area contributed by atoms with E-state index in [1.54, 1.807) is 13.8 Å². The van der Waals surface area contributed by atoms with Gasteiger partial charge in [-0.2, -0.15) is 0 Å². The molecule has 0 unspecified atom stereocenters. The Hall–Kier alpha value is -2.56. The number of ether oxygens (including phenoxy) is 1. The fraction of sp³-hybridized carbons (Fsp3) is 0.294. The van der Waals surface area contributed by atoms with Gasteiger partial charge in [0.05, 0.1) is 12.7 Å². The number of aryl methyl sites for hydroxylation is 2. The largest absolute Gasteiger partial charge is 0.465 e. The van der Waals surface area contributed by atoms with Crippen LogP contribution in [-0.2, 0) is 11.2 Å². The highest BCUT2D eigenvalue weighted by Gasteiger charge is 2.22. The summed E-state index contributed by atoms with van der Waals surface area (Å²) in [7, 11) is 1.32. The number of esters is 1. The van der Waals surface area contributed by atoms with Crippen molar-refractivity contribution in [3.05, 3.63) is 52.3 Å². The van der Waals surface area contributed by atoms with Crippen LogP contribution >= 0.6 is 0 Å². The van der Waals surface area contributed by atoms with Crippen LogP contribution in [0.25, 0.3) is 0 Å². The molecule has 0 aliphatic heterocycles. The number of rotatable bonds is 4. The summed E-state index contributed by atoms with van der Waals surface area (Å²) in [6.45, 7) is 5.53. The topological polar surface area (TPSA) is 71.2 Å². The molecule has 1 amide bonds. The molecule has 0 saturated heterocycles. The number of methoxy groups -OCH3 is 1. The molecule has 2 N–H and O–H groups in total. The SMILES string of the molecule is CCc1cccc(NC(=O)c2[nH]c(C)c(C(=O)OC)c2C)c1. The van der Waals surface area contributed by atoms with Gasteiger partial charge in [0.15, 0.2) is 0 Å². The van der Waals surface area contributed by atoms with Crippen molar-refractivity contribution >= 4 is 17.6 Å². The van der Waals surface area contributed by atoms with Gasteiger partial charge in [-0.3, -0.25) is 4.79 Å². The van der Waals surface area contributed by atoms with Gasteiger partial charge in [-0.05, 0) is 43.5 Å². The van der Waals surface area contributed by atoms with E-state index in [-0.39, 0.29) is 5.91 Å². The van der Waals surface area contributed by atoms with E-state index in [0.717, 1.165) is 17.7 Å². The lowest BCUT2D eigenvalue weighted by molar-refractivity contribution is 0.0599. The highest BCUT2D eigenvalue weighted by atomic mass is 16.5. The summed E-state index contributed by atoms with van der Waals surface area (Å²) in [5.74, 6) is -0.720. The molecular formula is C17H20N2O3. The van der Waals surface area contributed by atoms with Crippen LogP contribution in [-0.4, -0.2) is 24.0 Å². The molecule has 0 atom stereocenters. The Balaban J connectivity index is 2.28. The zero-order valence-electron chi connectivity index (χ0n) is 13.2. The zero-order valence-corrected chi connectivity index (χ0v) is 13.2. The van der Waals surface area contributed by atoms with Crippen LogP contribution in [0.15, 0.2) is 24.3 Å². The van der Waals surface area contributed by atoms with E-state index in [1.807, 2.05) is 24.3 Å². The van der Waals surface area contributed by atoms with Crippen molar-refractivity contribution in [1.82, 2.24) is 4.98 Å². The van der Waals surface area contributed by atoms with Crippen molar-refractivity contribution < 1.29 is 14.3 Å². The molecule has 0 radical (unpaired) electrons. The third kappa shape index (κ3) is 3.03. The number of aromatic nitrogens is 1. The van der Waals surface area contributed by atoms with E-state index >= 15 is 0 Å². The van der Waals surface area contributed by atoms with Gasteiger partial charge in [0, 0.05) is 11.4 Å². The van der Waals surface area contributed by atoms with Crippen molar-refractivity contribution in [3.63, 3.8) is 0 Å². The van der Waals surface area contributed by atoms with Crippen LogP contribution in [0, 0.1) is 13.8 Å². The third-order valence-corrected chi connectivity index (χ3v) is 3.65. The Morgan fingerprint density at radius 1 is 1.27 bits per heavy atom. The molecule has 5 heteroatoms. The number of nitrogens with one attached hydrogen (secondary N) is 2. The first kappa shape index (κ1) is 15.8. The first-order chi connectivity index (χ1) is 10.5. The average Bonchev–Trinajstić information content (AvgIpc) is 2.81. The maximum atomic E-state index is 12.4. The molecule has 5 nitrogen and oxygen atoms in total. The number of H-pyrrole nitrogens is 1. The van der Waals surface area contributed by atoms with Crippen molar-refractivity contribution in [2.45, 2.75) is 27.2 Å². The second-order valence-corrected chi connectivity index (χ2v) is 5.12. The molecule has 1 aromatic heterocycles. The van der Waals surface area contributed by atoms with E-state index in [0.29, 0.717) is 22.5 Å². The molecule has 1 aromatic carbocycles. The summed E-state index contributed by atoms with van der Waals surface area (Å²) >= 11 is 0. The predicted octanol–water partition coefficient (Wildman–Crippen LogP) is 3.23. The molecule has 0 bridgehead atoms. The van der Waals surface area contributed by atoms with E-state index in [9.17, 15) is 9.59 Å². The highest BCUT2D eigenvalue weighted by Crippen LogP contribution is 2.20. The Morgan fingerprint density at radius 2 is 2.00 bits per heavy atom.